The molecule has 32 heavy (non-hydrogen) atoms. The Morgan fingerprint density at radius 2 is 1.81 bits per heavy atom. The van der Waals surface area contributed by atoms with E-state index >= 15 is 0 Å². The Hall–Kier alpha value is -3.18. The van der Waals surface area contributed by atoms with Crippen LogP contribution in [0.1, 0.15) is 35.1 Å². The highest BCUT2D eigenvalue weighted by Gasteiger charge is 2.39. The zero-order valence-electron chi connectivity index (χ0n) is 18.1. The number of halogens is 1. The van der Waals surface area contributed by atoms with Gasteiger partial charge in [-0.25, -0.2) is 4.39 Å². The summed E-state index contributed by atoms with van der Waals surface area (Å²) in [6.45, 7) is 4.16. The molecule has 0 unspecified atom stereocenters. The molecule has 0 saturated heterocycles. The number of rotatable bonds is 6. The number of nitrogens with zero attached hydrogens (tertiary/aromatic N) is 1. The van der Waals surface area contributed by atoms with E-state index < -0.39 is 5.97 Å². The Morgan fingerprint density at radius 3 is 2.56 bits per heavy atom. The van der Waals surface area contributed by atoms with Crippen LogP contribution in [-0.2, 0) is 24.5 Å². The molecule has 4 nitrogen and oxygen atoms in total. The van der Waals surface area contributed by atoms with Crippen LogP contribution in [0.15, 0.2) is 60.7 Å². The smallest absolute Gasteiger partial charge is 0.306 e. The minimum Gasteiger partial charge on any atom is -0.489 e. The maximum Gasteiger partial charge on any atom is 0.306 e. The van der Waals surface area contributed by atoms with Gasteiger partial charge in [-0.3, -0.25) is 9.69 Å². The van der Waals surface area contributed by atoms with E-state index in [9.17, 15) is 9.18 Å². The predicted molar refractivity (Wildman–Crippen MR) is 121 cm³/mol. The molecule has 0 amide bonds. The number of aliphatic carboxylic acids is 1. The van der Waals surface area contributed by atoms with Crippen LogP contribution in [0.3, 0.4) is 0 Å². The molecule has 0 bridgehead atoms. The van der Waals surface area contributed by atoms with E-state index in [1.807, 2.05) is 37.3 Å². The van der Waals surface area contributed by atoms with E-state index in [1.54, 1.807) is 12.1 Å². The molecule has 1 aliphatic heterocycles. The lowest BCUT2D eigenvalue weighted by molar-refractivity contribution is -0.147. The standard InChI is InChI=1S/C27H26FNO3/c1-17-10-18(6-9-24(17)25-4-2-3-5-26(25)28)16-32-23-8-7-19-14-29(15-21(19)13-23)22-11-20(12-22)27(30)31/h2-10,13,20,22H,11-12,14-16H2,1H3,(H,30,31). The topological polar surface area (TPSA) is 49.8 Å². The molecule has 0 radical (unpaired) electrons. The number of benzene rings is 3. The van der Waals surface area contributed by atoms with Gasteiger partial charge in [0, 0.05) is 24.7 Å². The summed E-state index contributed by atoms with van der Waals surface area (Å²) in [6.07, 6.45) is 1.49. The number of hydrogen-bond acceptors (Lipinski definition) is 3. The maximum atomic E-state index is 14.1. The second-order valence-corrected chi connectivity index (χ2v) is 8.91. The first-order valence-corrected chi connectivity index (χ1v) is 11.0. The average Bonchev–Trinajstić information content (AvgIpc) is 3.14. The van der Waals surface area contributed by atoms with Gasteiger partial charge in [0.25, 0.3) is 0 Å². The van der Waals surface area contributed by atoms with E-state index in [0.29, 0.717) is 18.2 Å². The molecular weight excluding hydrogens is 405 g/mol. The predicted octanol–water partition coefficient (Wildman–Crippen LogP) is 5.56. The van der Waals surface area contributed by atoms with Crippen molar-refractivity contribution in [3.63, 3.8) is 0 Å². The first-order chi connectivity index (χ1) is 15.5. The van der Waals surface area contributed by atoms with Crippen LogP contribution in [-0.4, -0.2) is 22.0 Å². The van der Waals surface area contributed by atoms with Crippen molar-refractivity contribution in [1.29, 1.82) is 0 Å². The first kappa shape index (κ1) is 20.7. The quantitative estimate of drug-likeness (QED) is 0.555. The van der Waals surface area contributed by atoms with Crippen LogP contribution in [0.2, 0.25) is 0 Å². The summed E-state index contributed by atoms with van der Waals surface area (Å²) in [4.78, 5) is 13.4. The third-order valence-electron chi connectivity index (χ3n) is 6.76. The molecule has 3 aromatic rings. The van der Waals surface area contributed by atoms with Crippen LogP contribution < -0.4 is 4.74 Å². The lowest BCUT2D eigenvalue weighted by atomic mass is 9.79. The molecule has 2 aliphatic rings. The highest BCUT2D eigenvalue weighted by atomic mass is 19.1. The summed E-state index contributed by atoms with van der Waals surface area (Å²) in [7, 11) is 0. The zero-order valence-corrected chi connectivity index (χ0v) is 18.1. The van der Waals surface area contributed by atoms with Gasteiger partial charge in [-0.05, 0) is 65.8 Å². The summed E-state index contributed by atoms with van der Waals surface area (Å²) in [6, 6.07) is 19.4. The molecule has 1 saturated carbocycles. The lowest BCUT2D eigenvalue weighted by Gasteiger charge is -2.39. The molecule has 1 aliphatic carbocycles. The van der Waals surface area contributed by atoms with Gasteiger partial charge in [0.2, 0.25) is 0 Å². The van der Waals surface area contributed by atoms with Crippen molar-refractivity contribution in [3.05, 3.63) is 88.7 Å². The molecule has 1 heterocycles. The number of aryl methyl sites for hydroxylation is 1. The Bertz CT molecular complexity index is 1170. The summed E-state index contributed by atoms with van der Waals surface area (Å²) >= 11 is 0. The molecule has 1 N–H and O–H groups in total. The van der Waals surface area contributed by atoms with Crippen molar-refractivity contribution in [3.8, 4) is 16.9 Å². The number of carbonyl (C=O) groups is 1. The fourth-order valence-corrected chi connectivity index (χ4v) is 4.80. The summed E-state index contributed by atoms with van der Waals surface area (Å²) in [5.74, 6) is -0.243. The molecular formula is C27H26FNO3. The minimum atomic E-state index is -0.675. The second kappa shape index (κ2) is 8.40. The van der Waals surface area contributed by atoms with Crippen LogP contribution in [0.25, 0.3) is 11.1 Å². The second-order valence-electron chi connectivity index (χ2n) is 8.91. The normalized spacial score (nSPS) is 19.9. The largest absolute Gasteiger partial charge is 0.489 e. The molecule has 0 atom stereocenters. The number of hydrogen-bond donors (Lipinski definition) is 1. The van der Waals surface area contributed by atoms with Crippen molar-refractivity contribution < 1.29 is 19.0 Å². The van der Waals surface area contributed by atoms with Crippen LogP contribution in [0.5, 0.6) is 5.75 Å². The van der Waals surface area contributed by atoms with Gasteiger partial charge in [-0.1, -0.05) is 42.5 Å². The van der Waals surface area contributed by atoms with E-state index in [-0.39, 0.29) is 11.7 Å². The van der Waals surface area contributed by atoms with Gasteiger partial charge < -0.3 is 9.84 Å². The highest BCUT2D eigenvalue weighted by molar-refractivity contribution is 5.71. The van der Waals surface area contributed by atoms with E-state index in [4.69, 9.17) is 9.84 Å². The lowest BCUT2D eigenvalue weighted by Crippen LogP contribution is -2.44. The van der Waals surface area contributed by atoms with Gasteiger partial charge >= 0.3 is 5.97 Å². The molecule has 3 aromatic carbocycles. The number of ether oxygens (including phenoxy) is 1. The van der Waals surface area contributed by atoms with Crippen molar-refractivity contribution in [2.24, 2.45) is 5.92 Å². The number of carboxylic acids is 1. The fraction of sp³-hybridized carbons (Fsp3) is 0.296. The Kier molecular flexibility index (Phi) is 5.43. The first-order valence-electron chi connectivity index (χ1n) is 11.0. The van der Waals surface area contributed by atoms with Crippen molar-refractivity contribution in [2.75, 3.05) is 0 Å². The third kappa shape index (κ3) is 4.00. The molecule has 164 valence electrons. The van der Waals surface area contributed by atoms with Crippen LogP contribution in [0, 0.1) is 18.7 Å². The average molecular weight is 432 g/mol. The molecule has 1 fully saturated rings. The third-order valence-corrected chi connectivity index (χ3v) is 6.76. The molecule has 5 heteroatoms. The van der Waals surface area contributed by atoms with Gasteiger partial charge in [-0.2, -0.15) is 0 Å². The van der Waals surface area contributed by atoms with Gasteiger partial charge in [0.15, 0.2) is 0 Å². The van der Waals surface area contributed by atoms with Gasteiger partial charge in [-0.15, -0.1) is 0 Å². The minimum absolute atomic E-state index is 0.184. The highest BCUT2D eigenvalue weighted by Crippen LogP contribution is 2.37. The van der Waals surface area contributed by atoms with Crippen molar-refractivity contribution >= 4 is 5.97 Å². The van der Waals surface area contributed by atoms with Crippen molar-refractivity contribution in [1.82, 2.24) is 4.90 Å². The van der Waals surface area contributed by atoms with E-state index in [0.717, 1.165) is 48.4 Å². The SMILES string of the molecule is Cc1cc(COc2ccc3c(c2)CN(C2CC(C(=O)O)C2)C3)ccc1-c1ccccc1F. The fourth-order valence-electron chi connectivity index (χ4n) is 4.80. The monoisotopic (exact) mass is 431 g/mol. The van der Waals surface area contributed by atoms with Crippen molar-refractivity contribution in [2.45, 2.75) is 45.5 Å². The molecule has 0 spiro atoms. The van der Waals surface area contributed by atoms with E-state index in [1.165, 1.54) is 17.2 Å². The Balaban J connectivity index is 1.22. The summed E-state index contributed by atoms with van der Waals surface area (Å²) < 4.78 is 20.2. The number of fused-ring (bicyclic) bond motifs is 1. The van der Waals surface area contributed by atoms with Gasteiger partial charge in [0.05, 0.1) is 5.92 Å². The van der Waals surface area contributed by atoms with Crippen LogP contribution >= 0.6 is 0 Å². The zero-order chi connectivity index (χ0) is 22.2. The van der Waals surface area contributed by atoms with Gasteiger partial charge in [0.1, 0.15) is 18.2 Å². The summed E-state index contributed by atoms with van der Waals surface area (Å²) in [5, 5.41) is 9.11. The number of carboxylic acid groups (broad SMARTS) is 1. The molecule has 5 rings (SSSR count). The summed E-state index contributed by atoms with van der Waals surface area (Å²) in [5.41, 5.74) is 6.11. The molecule has 0 aromatic heterocycles. The van der Waals surface area contributed by atoms with E-state index in [2.05, 4.69) is 17.0 Å². The Labute approximate surface area is 187 Å². The van der Waals surface area contributed by atoms with Crippen LogP contribution in [0.4, 0.5) is 4.39 Å². The maximum absolute atomic E-state index is 14.1. The Morgan fingerprint density at radius 1 is 1.03 bits per heavy atom.